The number of carboxylic acid groups (broad SMARTS) is 1. The number of nitrogens with one attached hydrogen (secondary N) is 1. The summed E-state index contributed by atoms with van der Waals surface area (Å²) in [6.07, 6.45) is -7.05. The van der Waals surface area contributed by atoms with Crippen molar-refractivity contribution in [2.75, 3.05) is 19.8 Å². The predicted octanol–water partition coefficient (Wildman–Crippen LogP) is 2.55. The Morgan fingerprint density at radius 2 is 1.93 bits per heavy atom. The van der Waals surface area contributed by atoms with Crippen LogP contribution >= 0.6 is 0 Å². The fraction of sp³-hybridized carbons (Fsp3) is 0.368. The third-order valence-electron chi connectivity index (χ3n) is 5.01. The molecule has 0 bridgehead atoms. The van der Waals surface area contributed by atoms with Crippen molar-refractivity contribution in [2.45, 2.75) is 24.1 Å². The average molecular weight is 430 g/mol. The van der Waals surface area contributed by atoms with Crippen LogP contribution in [0.25, 0.3) is 11.3 Å². The highest BCUT2D eigenvalue weighted by atomic mass is 19.4. The molecular weight excluding hydrogens is 412 g/mol. The van der Waals surface area contributed by atoms with E-state index in [1.807, 2.05) is 0 Å². The molecule has 1 aliphatic rings. The highest BCUT2D eigenvalue weighted by Crippen LogP contribution is 2.47. The van der Waals surface area contributed by atoms with Crippen molar-refractivity contribution in [1.29, 1.82) is 0 Å². The van der Waals surface area contributed by atoms with Crippen molar-refractivity contribution >= 4 is 6.09 Å². The number of fused-ring (bicyclic) bond motifs is 1. The van der Waals surface area contributed by atoms with Crippen LogP contribution in [-0.2, 0) is 11.0 Å². The van der Waals surface area contributed by atoms with Crippen molar-refractivity contribution in [1.82, 2.24) is 10.3 Å². The molecule has 1 unspecified atom stereocenters. The molecule has 1 aromatic heterocycles. The van der Waals surface area contributed by atoms with Crippen LogP contribution in [0.1, 0.15) is 18.2 Å². The van der Waals surface area contributed by atoms with Gasteiger partial charge in [0.15, 0.2) is 0 Å². The van der Waals surface area contributed by atoms with Gasteiger partial charge in [-0.25, -0.2) is 14.2 Å². The van der Waals surface area contributed by atoms with Gasteiger partial charge in [0, 0.05) is 11.1 Å². The Morgan fingerprint density at radius 3 is 2.47 bits per heavy atom. The lowest BCUT2D eigenvalue weighted by Gasteiger charge is -2.31. The number of carbonyl (C=O) groups is 1. The third kappa shape index (κ3) is 3.65. The molecule has 0 saturated carbocycles. The number of aromatic nitrogens is 1. The van der Waals surface area contributed by atoms with E-state index in [0.29, 0.717) is 0 Å². The van der Waals surface area contributed by atoms with Gasteiger partial charge in [-0.3, -0.25) is 0 Å². The summed E-state index contributed by atoms with van der Waals surface area (Å²) in [4.78, 5) is 14.7. The summed E-state index contributed by atoms with van der Waals surface area (Å²) >= 11 is 0. The molecular formula is C19H18F4N2O5. The fourth-order valence-corrected chi connectivity index (χ4v) is 3.12. The Bertz CT molecular complexity index is 967. The minimum Gasteiger partial charge on any atom is -0.490 e. The minimum atomic E-state index is -5.29. The summed E-state index contributed by atoms with van der Waals surface area (Å²) in [7, 11) is 0. The van der Waals surface area contributed by atoms with Gasteiger partial charge in [-0.05, 0) is 37.3 Å². The first-order chi connectivity index (χ1) is 13.9. The zero-order chi connectivity index (χ0) is 22.3. The molecule has 0 fully saturated rings. The molecule has 1 aliphatic heterocycles. The SMILES string of the molecule is C[C@]1(CO)COc2c1cc(C(O)(CNC(=O)O)C(F)(F)F)nc2-c1ccc(F)cc1. The molecule has 0 saturated heterocycles. The molecule has 7 nitrogen and oxygen atoms in total. The van der Waals surface area contributed by atoms with Crippen LogP contribution in [0.15, 0.2) is 30.3 Å². The van der Waals surface area contributed by atoms with Crippen LogP contribution in [-0.4, -0.2) is 52.3 Å². The molecule has 4 N–H and O–H groups in total. The van der Waals surface area contributed by atoms with Gasteiger partial charge in [0.2, 0.25) is 5.60 Å². The Hall–Kier alpha value is -2.92. The number of ether oxygens (including phenoxy) is 1. The Kier molecular flexibility index (Phi) is 5.37. The first-order valence-electron chi connectivity index (χ1n) is 8.73. The first-order valence-corrected chi connectivity index (χ1v) is 8.73. The van der Waals surface area contributed by atoms with E-state index in [2.05, 4.69) is 4.98 Å². The van der Waals surface area contributed by atoms with Crippen molar-refractivity contribution in [3.8, 4) is 17.0 Å². The fourth-order valence-electron chi connectivity index (χ4n) is 3.12. The summed E-state index contributed by atoms with van der Waals surface area (Å²) < 4.78 is 60.3. The minimum absolute atomic E-state index is 0.0595. The lowest BCUT2D eigenvalue weighted by atomic mass is 9.83. The van der Waals surface area contributed by atoms with Gasteiger partial charge in [-0.15, -0.1) is 0 Å². The summed E-state index contributed by atoms with van der Waals surface area (Å²) in [5, 5.41) is 30.5. The number of rotatable bonds is 5. The van der Waals surface area contributed by atoms with Gasteiger partial charge in [-0.2, -0.15) is 13.2 Å². The van der Waals surface area contributed by atoms with Crippen LogP contribution in [0.4, 0.5) is 22.4 Å². The van der Waals surface area contributed by atoms with Gasteiger partial charge in [0.05, 0.1) is 24.3 Å². The van der Waals surface area contributed by atoms with E-state index < -0.39 is 47.9 Å². The summed E-state index contributed by atoms with van der Waals surface area (Å²) in [5.41, 5.74) is -5.35. The second kappa shape index (κ2) is 7.40. The number of benzene rings is 1. The van der Waals surface area contributed by atoms with Gasteiger partial charge in [0.25, 0.3) is 0 Å². The van der Waals surface area contributed by atoms with Crippen LogP contribution in [0.3, 0.4) is 0 Å². The number of halogens is 4. The lowest BCUT2D eigenvalue weighted by molar-refractivity contribution is -0.265. The van der Waals surface area contributed by atoms with E-state index in [1.165, 1.54) is 17.4 Å². The van der Waals surface area contributed by atoms with E-state index in [0.717, 1.165) is 18.2 Å². The average Bonchev–Trinajstić information content (AvgIpc) is 3.03. The van der Waals surface area contributed by atoms with E-state index in [-0.39, 0.29) is 29.2 Å². The third-order valence-corrected chi connectivity index (χ3v) is 5.01. The van der Waals surface area contributed by atoms with Crippen molar-refractivity contribution < 1.29 is 42.4 Å². The van der Waals surface area contributed by atoms with Gasteiger partial charge in [0.1, 0.15) is 23.9 Å². The number of aliphatic hydroxyl groups excluding tert-OH is 1. The molecule has 162 valence electrons. The summed E-state index contributed by atoms with van der Waals surface area (Å²) in [6, 6.07) is 5.67. The zero-order valence-corrected chi connectivity index (χ0v) is 15.6. The molecule has 11 heteroatoms. The smallest absolute Gasteiger partial charge is 0.424 e. The van der Waals surface area contributed by atoms with Crippen LogP contribution in [0.2, 0.25) is 0 Å². The Balaban J connectivity index is 2.27. The second-order valence-corrected chi connectivity index (χ2v) is 7.26. The van der Waals surface area contributed by atoms with Crippen LogP contribution < -0.4 is 10.1 Å². The maximum Gasteiger partial charge on any atom is 0.424 e. The molecule has 2 heterocycles. The standard InChI is InChI=1S/C19H18F4N2O5/c1-17(8-26)9-30-15-12(17)6-13(18(29,19(21,22)23)7-24-16(27)28)25-14(15)10-2-4-11(20)5-3-10/h2-6,24,26,29H,7-9H2,1H3,(H,27,28)/t17-,18?/m0/s1. The van der Waals surface area contributed by atoms with E-state index in [4.69, 9.17) is 9.84 Å². The molecule has 30 heavy (non-hydrogen) atoms. The number of hydrogen-bond donors (Lipinski definition) is 4. The number of hydrogen-bond acceptors (Lipinski definition) is 5. The monoisotopic (exact) mass is 430 g/mol. The van der Waals surface area contributed by atoms with E-state index in [9.17, 15) is 32.6 Å². The number of nitrogens with zero attached hydrogens (tertiary/aromatic N) is 1. The number of pyridine rings is 1. The van der Waals surface area contributed by atoms with Crippen LogP contribution in [0, 0.1) is 5.82 Å². The Labute approximate surface area is 167 Å². The molecule has 3 rings (SSSR count). The van der Waals surface area contributed by atoms with Crippen molar-refractivity contribution in [2.24, 2.45) is 0 Å². The number of amides is 1. The molecule has 1 aromatic carbocycles. The van der Waals surface area contributed by atoms with Gasteiger partial charge >= 0.3 is 12.3 Å². The van der Waals surface area contributed by atoms with Crippen molar-refractivity contribution in [3.63, 3.8) is 0 Å². The molecule has 2 aromatic rings. The zero-order valence-electron chi connectivity index (χ0n) is 15.6. The molecule has 0 aliphatic carbocycles. The van der Waals surface area contributed by atoms with Crippen LogP contribution in [0.5, 0.6) is 5.75 Å². The highest BCUT2D eigenvalue weighted by Gasteiger charge is 2.57. The topological polar surface area (TPSA) is 112 Å². The predicted molar refractivity (Wildman–Crippen MR) is 95.5 cm³/mol. The molecule has 2 atom stereocenters. The molecule has 0 radical (unpaired) electrons. The molecule has 0 spiro atoms. The maximum atomic E-state index is 13.8. The van der Waals surface area contributed by atoms with E-state index in [1.54, 1.807) is 6.92 Å². The normalized spacial score (nSPS) is 20.2. The quantitative estimate of drug-likeness (QED) is 0.543. The Morgan fingerprint density at radius 1 is 1.30 bits per heavy atom. The maximum absolute atomic E-state index is 13.8. The van der Waals surface area contributed by atoms with Gasteiger partial charge < -0.3 is 25.4 Å². The second-order valence-electron chi connectivity index (χ2n) is 7.26. The molecule has 1 amide bonds. The van der Waals surface area contributed by atoms with E-state index >= 15 is 0 Å². The highest BCUT2D eigenvalue weighted by molar-refractivity contribution is 5.71. The lowest BCUT2D eigenvalue weighted by Crippen LogP contribution is -2.51. The van der Waals surface area contributed by atoms with Crippen molar-refractivity contribution in [3.05, 3.63) is 47.4 Å². The first kappa shape index (κ1) is 21.8. The summed E-state index contributed by atoms with van der Waals surface area (Å²) in [5.74, 6) is -0.484. The van der Waals surface area contributed by atoms with Gasteiger partial charge in [-0.1, -0.05) is 0 Å². The summed E-state index contributed by atoms with van der Waals surface area (Å²) in [6.45, 7) is -0.378. The number of aliphatic hydroxyl groups is 2. The number of alkyl halides is 3. The largest absolute Gasteiger partial charge is 0.490 e.